The summed E-state index contributed by atoms with van der Waals surface area (Å²) >= 11 is 5.56. The lowest BCUT2D eigenvalue weighted by Gasteiger charge is -2.01. The van der Waals surface area contributed by atoms with Crippen LogP contribution in [0.15, 0.2) is 67.0 Å². The van der Waals surface area contributed by atoms with Crippen molar-refractivity contribution in [1.82, 2.24) is 9.97 Å². The molecule has 0 aliphatic heterocycles. The Kier molecular flexibility index (Phi) is 4.75. The smallest absolute Gasteiger partial charge is 0.347 e. The first-order valence-corrected chi connectivity index (χ1v) is 11.3. The summed E-state index contributed by atoms with van der Waals surface area (Å²) in [6.45, 7) is 0. The summed E-state index contributed by atoms with van der Waals surface area (Å²) in [5.74, 6) is 0.440. The second-order valence-electron chi connectivity index (χ2n) is 6.10. The highest BCUT2D eigenvalue weighted by Gasteiger charge is 2.15. The van der Waals surface area contributed by atoms with Crippen molar-refractivity contribution in [3.05, 3.63) is 76.5 Å². The van der Waals surface area contributed by atoms with E-state index >= 15 is 0 Å². The van der Waals surface area contributed by atoms with Crippen LogP contribution < -0.4 is 11.3 Å². The third-order valence-corrected chi connectivity index (χ3v) is 6.61. The molecule has 6 nitrogen and oxygen atoms in total. The van der Waals surface area contributed by atoms with E-state index in [1.165, 1.54) is 11.3 Å². The molecule has 29 heavy (non-hydrogen) atoms. The summed E-state index contributed by atoms with van der Waals surface area (Å²) in [4.78, 5) is 34.9. The van der Waals surface area contributed by atoms with Crippen LogP contribution in [0.25, 0.3) is 43.3 Å². The van der Waals surface area contributed by atoms with Gasteiger partial charge in [-0.05, 0) is 93.7 Å². The number of nitrogens with zero attached hydrogens (tertiary/aromatic N) is 2. The minimum Gasteiger partial charge on any atom is -0.402 e. The number of fused-ring (bicyclic) bond motifs is 2. The topological polar surface area (TPSA) is 86.2 Å². The zero-order valence-electron chi connectivity index (χ0n) is 14.3. The van der Waals surface area contributed by atoms with E-state index in [2.05, 4.69) is 55.1 Å². The maximum atomic E-state index is 12.3. The molecule has 142 valence electrons. The van der Waals surface area contributed by atoms with E-state index in [1.54, 1.807) is 36.4 Å². The zero-order chi connectivity index (χ0) is 20.1. The zero-order valence-corrected chi connectivity index (χ0v) is 19.4. The lowest BCUT2D eigenvalue weighted by molar-refractivity contribution is 0.519. The molecule has 0 unspecified atom stereocenters. The van der Waals surface area contributed by atoms with Crippen LogP contribution in [0.1, 0.15) is 0 Å². The van der Waals surface area contributed by atoms with Gasteiger partial charge in [0.15, 0.2) is 0 Å². The molecule has 0 saturated heterocycles. The van der Waals surface area contributed by atoms with Gasteiger partial charge in [0.05, 0.1) is 31.6 Å². The van der Waals surface area contributed by atoms with Gasteiger partial charge >= 0.3 is 11.3 Å². The maximum Gasteiger partial charge on any atom is 0.347 e. The molecule has 3 heterocycles. The van der Waals surface area contributed by atoms with Gasteiger partial charge < -0.3 is 8.83 Å². The number of aromatic nitrogens is 2. The third-order valence-electron chi connectivity index (χ3n) is 4.21. The Hall–Kier alpha value is -2.12. The number of halogens is 2. The van der Waals surface area contributed by atoms with Gasteiger partial charge in [0.1, 0.15) is 0 Å². The fraction of sp³-hybridized carbons (Fsp3) is 0. The van der Waals surface area contributed by atoms with Gasteiger partial charge in [0, 0.05) is 7.14 Å². The Morgan fingerprint density at radius 1 is 0.690 bits per heavy atom. The normalized spacial score (nSPS) is 11.4. The van der Waals surface area contributed by atoms with Crippen LogP contribution in [0, 0.1) is 7.14 Å². The minimum atomic E-state index is -0.441. The first-order valence-electron chi connectivity index (χ1n) is 8.29. The van der Waals surface area contributed by atoms with Crippen LogP contribution in [0.2, 0.25) is 0 Å². The number of rotatable bonds is 2. The van der Waals surface area contributed by atoms with Crippen LogP contribution in [0.4, 0.5) is 0 Å². The Bertz CT molecular complexity index is 1420. The summed E-state index contributed by atoms with van der Waals surface area (Å²) in [6, 6.07) is 14.4. The summed E-state index contributed by atoms with van der Waals surface area (Å²) < 4.78 is 12.7. The highest BCUT2D eigenvalue weighted by atomic mass is 127. The molecule has 0 bridgehead atoms. The summed E-state index contributed by atoms with van der Waals surface area (Å²) in [5.41, 5.74) is 0.250. The van der Waals surface area contributed by atoms with Crippen LogP contribution in [0.5, 0.6) is 0 Å². The van der Waals surface area contributed by atoms with Crippen molar-refractivity contribution in [3.63, 3.8) is 0 Å². The quantitative estimate of drug-likeness (QED) is 0.248. The van der Waals surface area contributed by atoms with Crippen LogP contribution >= 0.6 is 56.5 Å². The maximum absolute atomic E-state index is 12.3. The van der Waals surface area contributed by atoms with E-state index in [1.807, 2.05) is 12.1 Å². The molecule has 3 aromatic heterocycles. The molecule has 0 fully saturated rings. The second-order valence-corrected chi connectivity index (χ2v) is 9.67. The molecule has 0 aliphatic carbocycles. The molecule has 0 atom stereocenters. The van der Waals surface area contributed by atoms with E-state index < -0.39 is 11.3 Å². The van der Waals surface area contributed by atoms with E-state index in [-0.39, 0.29) is 11.8 Å². The number of hydrogen-bond donors (Lipinski definition) is 0. The first-order chi connectivity index (χ1) is 14.0. The SMILES string of the molecule is O=c1oc(-c2ccc(-c3nc4ccc(I)cc4c(=O)o3)s2)nc2ccc(I)cc12. The first kappa shape index (κ1) is 18.9. The van der Waals surface area contributed by atoms with Crippen molar-refractivity contribution in [1.29, 1.82) is 0 Å². The molecule has 0 aliphatic rings. The molecule has 2 aromatic carbocycles. The van der Waals surface area contributed by atoms with Gasteiger partial charge in [-0.25, -0.2) is 19.6 Å². The average molecular weight is 626 g/mol. The summed E-state index contributed by atoms with van der Waals surface area (Å²) in [7, 11) is 0. The predicted octanol–water partition coefficient (Wildman–Crippen LogP) is 5.29. The van der Waals surface area contributed by atoms with Crippen molar-refractivity contribution in [3.8, 4) is 21.5 Å². The van der Waals surface area contributed by atoms with Crippen LogP contribution in [-0.4, -0.2) is 9.97 Å². The van der Waals surface area contributed by atoms with Crippen molar-refractivity contribution in [2.45, 2.75) is 0 Å². The lowest BCUT2D eigenvalue weighted by atomic mass is 10.2. The van der Waals surface area contributed by atoms with Gasteiger partial charge in [0.2, 0.25) is 11.8 Å². The molecule has 9 heteroatoms. The lowest BCUT2D eigenvalue weighted by Crippen LogP contribution is -2.03. The van der Waals surface area contributed by atoms with Gasteiger partial charge in [-0.2, -0.15) is 0 Å². The molecule has 0 radical (unpaired) electrons. The van der Waals surface area contributed by atoms with E-state index in [0.29, 0.717) is 31.6 Å². The summed E-state index contributed by atoms with van der Waals surface area (Å²) in [5, 5.41) is 0.878. The Morgan fingerprint density at radius 3 is 1.59 bits per heavy atom. The standard InChI is InChI=1S/C20H8I2N2O4S/c21-9-1-3-13-11(7-9)19(25)27-17(23-13)15-5-6-16(29-15)18-24-14-4-2-10(22)8-12(14)20(26)28-18/h1-8H. The highest BCUT2D eigenvalue weighted by molar-refractivity contribution is 14.1. The minimum absolute atomic E-state index is 0.220. The van der Waals surface area contributed by atoms with Gasteiger partial charge in [0.25, 0.3) is 0 Å². The molecule has 0 spiro atoms. The molecule has 0 amide bonds. The van der Waals surface area contributed by atoms with Crippen LogP contribution in [-0.2, 0) is 0 Å². The Labute approximate surface area is 193 Å². The molecule has 0 N–H and O–H groups in total. The summed E-state index contributed by atoms with van der Waals surface area (Å²) in [6.07, 6.45) is 0. The Balaban J connectivity index is 1.61. The van der Waals surface area contributed by atoms with Crippen molar-refractivity contribution < 1.29 is 8.83 Å². The van der Waals surface area contributed by atoms with Crippen molar-refractivity contribution in [2.75, 3.05) is 0 Å². The average Bonchev–Trinajstić information content (AvgIpc) is 3.19. The largest absolute Gasteiger partial charge is 0.402 e. The predicted molar refractivity (Wildman–Crippen MR) is 128 cm³/mol. The fourth-order valence-electron chi connectivity index (χ4n) is 2.87. The second kappa shape index (κ2) is 7.29. The van der Waals surface area contributed by atoms with E-state index in [4.69, 9.17) is 8.83 Å². The van der Waals surface area contributed by atoms with E-state index in [0.717, 1.165) is 7.14 Å². The highest BCUT2D eigenvalue weighted by Crippen LogP contribution is 2.33. The monoisotopic (exact) mass is 626 g/mol. The number of thiophene rings is 1. The molecule has 5 aromatic rings. The van der Waals surface area contributed by atoms with Crippen LogP contribution in [0.3, 0.4) is 0 Å². The molecule has 5 rings (SSSR count). The number of benzene rings is 2. The fourth-order valence-corrected chi connectivity index (χ4v) is 4.71. The van der Waals surface area contributed by atoms with E-state index in [9.17, 15) is 9.59 Å². The molecular formula is C20H8I2N2O4S. The molecule has 0 saturated carbocycles. The van der Waals surface area contributed by atoms with Gasteiger partial charge in [-0.1, -0.05) is 0 Å². The van der Waals surface area contributed by atoms with Gasteiger partial charge in [-0.15, -0.1) is 11.3 Å². The van der Waals surface area contributed by atoms with Crippen molar-refractivity contribution in [2.24, 2.45) is 0 Å². The Morgan fingerprint density at radius 2 is 1.14 bits per heavy atom. The number of hydrogen-bond acceptors (Lipinski definition) is 7. The third kappa shape index (κ3) is 3.51. The van der Waals surface area contributed by atoms with Crippen molar-refractivity contribution >= 4 is 78.3 Å². The molecular weight excluding hydrogens is 618 g/mol. The van der Waals surface area contributed by atoms with Gasteiger partial charge in [-0.3, -0.25) is 0 Å².